The summed E-state index contributed by atoms with van der Waals surface area (Å²) < 4.78 is 28.3. The molecule has 102 valence electrons. The molecule has 0 saturated heterocycles. The fourth-order valence-electron chi connectivity index (χ4n) is 1.51. The lowest BCUT2D eigenvalue weighted by molar-refractivity contribution is 0.0183. The third-order valence-corrected chi connectivity index (χ3v) is 2.37. The highest BCUT2D eigenvalue weighted by Crippen LogP contribution is 2.24. The molecule has 0 fully saturated rings. The van der Waals surface area contributed by atoms with Crippen LogP contribution in [0.3, 0.4) is 0 Å². The summed E-state index contributed by atoms with van der Waals surface area (Å²) >= 11 is 0. The van der Waals surface area contributed by atoms with Crippen molar-refractivity contribution in [3.63, 3.8) is 0 Å². The molecule has 0 amide bonds. The van der Waals surface area contributed by atoms with Crippen LogP contribution < -0.4 is 5.32 Å². The molecule has 4 nitrogen and oxygen atoms in total. The second kappa shape index (κ2) is 7.13. The third-order valence-electron chi connectivity index (χ3n) is 2.37. The van der Waals surface area contributed by atoms with Gasteiger partial charge in [-0.25, -0.2) is 8.78 Å². The molecule has 0 aliphatic carbocycles. The molecule has 0 saturated carbocycles. The largest absolute Gasteiger partial charge is 0.508 e. The Labute approximate surface area is 104 Å². The van der Waals surface area contributed by atoms with Crippen LogP contribution in [-0.4, -0.2) is 36.4 Å². The first-order valence-corrected chi connectivity index (χ1v) is 5.61. The number of alkyl halides is 2. The van der Waals surface area contributed by atoms with Gasteiger partial charge in [0.15, 0.2) is 0 Å². The van der Waals surface area contributed by atoms with E-state index in [0.29, 0.717) is 12.1 Å². The van der Waals surface area contributed by atoms with Gasteiger partial charge < -0.3 is 20.3 Å². The van der Waals surface area contributed by atoms with Crippen molar-refractivity contribution in [2.45, 2.75) is 19.4 Å². The molecule has 0 spiro atoms. The van der Waals surface area contributed by atoms with E-state index in [1.165, 1.54) is 18.2 Å². The molecule has 1 atom stereocenters. The van der Waals surface area contributed by atoms with Crippen molar-refractivity contribution in [3.05, 3.63) is 23.8 Å². The van der Waals surface area contributed by atoms with Gasteiger partial charge in [-0.3, -0.25) is 0 Å². The first-order chi connectivity index (χ1) is 8.49. The number of ether oxygens (including phenoxy) is 1. The lowest BCUT2D eigenvalue weighted by atomic mass is 10.1. The zero-order valence-electron chi connectivity index (χ0n) is 10.1. The van der Waals surface area contributed by atoms with Gasteiger partial charge in [0, 0.05) is 18.7 Å². The van der Waals surface area contributed by atoms with Gasteiger partial charge in [-0.05, 0) is 24.6 Å². The van der Waals surface area contributed by atoms with Crippen LogP contribution in [0.5, 0.6) is 11.5 Å². The zero-order chi connectivity index (χ0) is 13.5. The highest BCUT2D eigenvalue weighted by atomic mass is 19.3. The van der Waals surface area contributed by atoms with Crippen molar-refractivity contribution >= 4 is 0 Å². The first kappa shape index (κ1) is 14.7. The molecule has 6 heteroatoms. The molecule has 1 rings (SSSR count). The summed E-state index contributed by atoms with van der Waals surface area (Å²) in [5.74, 6) is -0.0415. The minimum atomic E-state index is -2.45. The Balaban J connectivity index is 2.34. The Hall–Kier alpha value is -1.40. The van der Waals surface area contributed by atoms with E-state index in [1.807, 2.05) is 6.92 Å². The van der Waals surface area contributed by atoms with Gasteiger partial charge in [0.2, 0.25) is 0 Å². The molecule has 3 N–H and O–H groups in total. The Morgan fingerprint density at radius 1 is 1.22 bits per heavy atom. The molecule has 0 aliphatic rings. The number of nitrogens with one attached hydrogen (secondary N) is 1. The average Bonchev–Trinajstić information content (AvgIpc) is 2.26. The van der Waals surface area contributed by atoms with Crippen LogP contribution in [-0.2, 0) is 4.74 Å². The summed E-state index contributed by atoms with van der Waals surface area (Å²) in [6.45, 7) is 1.86. The van der Waals surface area contributed by atoms with Gasteiger partial charge in [-0.15, -0.1) is 0 Å². The van der Waals surface area contributed by atoms with Gasteiger partial charge in [-0.2, -0.15) is 0 Å². The molecule has 0 bridgehead atoms. The van der Waals surface area contributed by atoms with E-state index in [4.69, 9.17) is 4.74 Å². The second-order valence-corrected chi connectivity index (χ2v) is 3.92. The number of hydrogen-bond donors (Lipinski definition) is 3. The van der Waals surface area contributed by atoms with Crippen molar-refractivity contribution in [1.29, 1.82) is 0 Å². The minimum absolute atomic E-state index is 0.0207. The van der Waals surface area contributed by atoms with Crippen LogP contribution in [0.4, 0.5) is 8.78 Å². The Morgan fingerprint density at radius 3 is 2.39 bits per heavy atom. The maximum Gasteiger partial charge on any atom is 0.261 e. The lowest BCUT2D eigenvalue weighted by Gasteiger charge is -2.15. The molecule has 0 aliphatic heterocycles. The molecule has 1 aromatic carbocycles. The highest BCUT2D eigenvalue weighted by Gasteiger charge is 2.07. The number of benzene rings is 1. The maximum atomic E-state index is 11.8. The Bertz CT molecular complexity index is 354. The molecule has 0 heterocycles. The summed E-state index contributed by atoms with van der Waals surface area (Å²) in [4.78, 5) is 0. The Kier molecular flexibility index (Phi) is 5.80. The van der Waals surface area contributed by atoms with Crippen molar-refractivity contribution < 1.29 is 23.7 Å². The van der Waals surface area contributed by atoms with Crippen LogP contribution in [0.2, 0.25) is 0 Å². The summed E-state index contributed by atoms with van der Waals surface area (Å²) in [7, 11) is 0. The third kappa shape index (κ3) is 5.29. The Morgan fingerprint density at radius 2 is 1.83 bits per heavy atom. The van der Waals surface area contributed by atoms with Gasteiger partial charge >= 0.3 is 0 Å². The molecule has 0 radical (unpaired) electrons. The quantitative estimate of drug-likeness (QED) is 0.657. The van der Waals surface area contributed by atoms with E-state index in [1.54, 1.807) is 0 Å². The molecule has 18 heavy (non-hydrogen) atoms. The number of aromatic hydroxyl groups is 2. The van der Waals surface area contributed by atoms with Crippen LogP contribution >= 0.6 is 0 Å². The normalized spacial score (nSPS) is 12.9. The highest BCUT2D eigenvalue weighted by molar-refractivity contribution is 5.37. The van der Waals surface area contributed by atoms with E-state index >= 15 is 0 Å². The first-order valence-electron chi connectivity index (χ1n) is 5.61. The molecule has 1 aromatic rings. The van der Waals surface area contributed by atoms with Crippen LogP contribution in [0.15, 0.2) is 18.2 Å². The minimum Gasteiger partial charge on any atom is -0.508 e. The van der Waals surface area contributed by atoms with Gasteiger partial charge in [0.25, 0.3) is 6.43 Å². The van der Waals surface area contributed by atoms with E-state index in [0.717, 1.165) is 0 Å². The topological polar surface area (TPSA) is 61.7 Å². The average molecular weight is 261 g/mol. The van der Waals surface area contributed by atoms with E-state index in [2.05, 4.69) is 5.32 Å². The predicted molar refractivity (Wildman–Crippen MR) is 63.0 cm³/mol. The monoisotopic (exact) mass is 261 g/mol. The van der Waals surface area contributed by atoms with E-state index in [9.17, 15) is 19.0 Å². The maximum absolute atomic E-state index is 11.8. The van der Waals surface area contributed by atoms with Crippen molar-refractivity contribution in [2.24, 2.45) is 0 Å². The fourth-order valence-corrected chi connectivity index (χ4v) is 1.51. The van der Waals surface area contributed by atoms with Crippen molar-refractivity contribution in [2.75, 3.05) is 19.8 Å². The van der Waals surface area contributed by atoms with Gasteiger partial charge in [0.1, 0.15) is 18.1 Å². The van der Waals surface area contributed by atoms with Crippen molar-refractivity contribution in [1.82, 2.24) is 5.32 Å². The smallest absolute Gasteiger partial charge is 0.261 e. The van der Waals surface area contributed by atoms with E-state index in [-0.39, 0.29) is 24.1 Å². The van der Waals surface area contributed by atoms with Gasteiger partial charge in [0.05, 0.1) is 6.61 Å². The summed E-state index contributed by atoms with van der Waals surface area (Å²) in [5.41, 5.74) is 0.710. The predicted octanol–water partition coefficient (Wildman–Crippen LogP) is 2.03. The standard InChI is InChI=1S/C12H17F2NO3/c1-8(15-2-3-18-7-12(13)14)9-4-10(16)6-11(17)5-9/h4-6,8,12,15-17H,2-3,7H2,1H3. The van der Waals surface area contributed by atoms with Crippen LogP contribution in [0, 0.1) is 0 Å². The molecule has 0 aromatic heterocycles. The summed E-state index contributed by atoms with van der Waals surface area (Å²) in [5, 5.41) is 21.7. The number of phenols is 2. The molecular formula is C12H17F2NO3. The second-order valence-electron chi connectivity index (χ2n) is 3.92. The molecule has 1 unspecified atom stereocenters. The number of hydrogen-bond acceptors (Lipinski definition) is 4. The van der Waals surface area contributed by atoms with E-state index < -0.39 is 13.0 Å². The van der Waals surface area contributed by atoms with Gasteiger partial charge in [-0.1, -0.05) is 0 Å². The van der Waals surface area contributed by atoms with Crippen LogP contribution in [0.25, 0.3) is 0 Å². The number of halogens is 2. The zero-order valence-corrected chi connectivity index (χ0v) is 10.1. The lowest BCUT2D eigenvalue weighted by Crippen LogP contribution is -2.24. The van der Waals surface area contributed by atoms with Crippen molar-refractivity contribution in [3.8, 4) is 11.5 Å². The number of phenolic OH excluding ortho intramolecular Hbond substituents is 2. The fraction of sp³-hybridized carbons (Fsp3) is 0.500. The summed E-state index contributed by atoms with van der Waals surface area (Å²) in [6, 6.07) is 4.16. The SMILES string of the molecule is CC(NCCOCC(F)F)c1cc(O)cc(O)c1. The molecular weight excluding hydrogens is 244 g/mol. The summed E-state index contributed by atoms with van der Waals surface area (Å²) in [6.07, 6.45) is -2.45. The number of rotatable bonds is 7. The van der Waals surface area contributed by atoms with Crippen LogP contribution in [0.1, 0.15) is 18.5 Å².